The van der Waals surface area contributed by atoms with Crippen molar-refractivity contribution in [2.24, 2.45) is 5.10 Å². The third-order valence-corrected chi connectivity index (χ3v) is 6.10. The van der Waals surface area contributed by atoms with Crippen LogP contribution in [0.3, 0.4) is 0 Å². The van der Waals surface area contributed by atoms with Crippen molar-refractivity contribution in [1.29, 1.82) is 0 Å². The van der Waals surface area contributed by atoms with Crippen molar-refractivity contribution in [2.45, 2.75) is 25.7 Å². The Balaban J connectivity index is 1.95. The highest BCUT2D eigenvalue weighted by Gasteiger charge is 2.23. The molecule has 3 aromatic carbocycles. The van der Waals surface area contributed by atoms with Crippen LogP contribution >= 0.6 is 0 Å². The minimum atomic E-state index is -4.16. The fourth-order valence-corrected chi connectivity index (χ4v) is 4.42. The molecule has 2 N–H and O–H groups in total. The Bertz CT molecular complexity index is 1310. The Hall–Kier alpha value is -3.92. The van der Waals surface area contributed by atoms with Crippen molar-refractivity contribution in [2.75, 3.05) is 16.8 Å². The van der Waals surface area contributed by atoms with Gasteiger partial charge in [0.15, 0.2) is 0 Å². The maximum absolute atomic E-state index is 13.2. The molecular weight excluding hydrogens is 444 g/mol. The van der Waals surface area contributed by atoms with Crippen LogP contribution in [0.1, 0.15) is 23.6 Å². The third-order valence-electron chi connectivity index (χ3n) is 4.70. The van der Waals surface area contributed by atoms with Crippen molar-refractivity contribution < 1.29 is 18.1 Å². The van der Waals surface area contributed by atoms with Gasteiger partial charge in [0, 0.05) is 17.7 Å². The second-order valence-electron chi connectivity index (χ2n) is 7.20. The number of nitrogens with zero attached hydrogens (tertiary/aromatic N) is 2. The van der Waals surface area contributed by atoms with E-state index in [1.54, 1.807) is 31.2 Å². The fourth-order valence-electron chi connectivity index (χ4n) is 3.11. The van der Waals surface area contributed by atoms with Crippen LogP contribution in [0.15, 0.2) is 70.7 Å². The van der Waals surface area contributed by atoms with Gasteiger partial charge in [-0.3, -0.25) is 20.3 Å². The summed E-state index contributed by atoms with van der Waals surface area (Å²) >= 11 is 0. The number of anilines is 2. The van der Waals surface area contributed by atoms with Crippen LogP contribution in [-0.4, -0.2) is 26.2 Å². The maximum atomic E-state index is 13.2. The van der Waals surface area contributed by atoms with Crippen molar-refractivity contribution in [1.82, 2.24) is 0 Å². The molecule has 0 bridgehead atoms. The van der Waals surface area contributed by atoms with Crippen molar-refractivity contribution in [3.63, 3.8) is 0 Å². The van der Waals surface area contributed by atoms with Gasteiger partial charge in [0.2, 0.25) is 0 Å². The Morgan fingerprint density at radius 3 is 2.48 bits per heavy atom. The number of hydrogen-bond acceptors (Lipinski definition) is 7. The van der Waals surface area contributed by atoms with Crippen molar-refractivity contribution in [3.05, 3.63) is 87.5 Å². The molecule has 0 heterocycles. The van der Waals surface area contributed by atoms with E-state index in [-0.39, 0.29) is 16.3 Å². The number of aryl methyl sites for hydroxylation is 2. The minimum absolute atomic E-state index is 0.0861. The van der Waals surface area contributed by atoms with Gasteiger partial charge in [-0.1, -0.05) is 29.8 Å². The van der Waals surface area contributed by atoms with E-state index in [1.165, 1.54) is 18.3 Å². The smallest absolute Gasteiger partial charge is 0.270 e. The number of hydrogen-bond donors (Lipinski definition) is 2. The molecule has 0 atom stereocenters. The van der Waals surface area contributed by atoms with E-state index in [2.05, 4.69) is 15.2 Å². The molecule has 0 radical (unpaired) electrons. The lowest BCUT2D eigenvalue weighted by Crippen LogP contribution is -2.16. The van der Waals surface area contributed by atoms with E-state index in [0.717, 1.165) is 17.2 Å². The summed E-state index contributed by atoms with van der Waals surface area (Å²) in [5, 5.41) is 15.4. The first-order chi connectivity index (χ1) is 15.7. The number of sulfonamides is 1. The van der Waals surface area contributed by atoms with Gasteiger partial charge in [-0.05, 0) is 50.6 Å². The molecule has 172 valence electrons. The van der Waals surface area contributed by atoms with E-state index in [4.69, 9.17) is 4.74 Å². The zero-order chi connectivity index (χ0) is 24.0. The van der Waals surface area contributed by atoms with Crippen LogP contribution in [0.4, 0.5) is 17.1 Å². The Morgan fingerprint density at radius 2 is 1.79 bits per heavy atom. The average molecular weight is 469 g/mol. The molecule has 0 amide bonds. The Kier molecular flexibility index (Phi) is 7.29. The summed E-state index contributed by atoms with van der Waals surface area (Å²) in [7, 11) is -4.16. The minimum Gasteiger partial charge on any atom is -0.493 e. The first-order valence-electron chi connectivity index (χ1n) is 10.1. The van der Waals surface area contributed by atoms with Gasteiger partial charge in [0.25, 0.3) is 15.7 Å². The molecule has 0 saturated carbocycles. The lowest BCUT2D eigenvalue weighted by Gasteiger charge is -2.14. The van der Waals surface area contributed by atoms with Crippen molar-refractivity contribution in [3.8, 4) is 5.75 Å². The number of para-hydroxylation sites is 1. The summed E-state index contributed by atoms with van der Waals surface area (Å²) in [6, 6.07) is 16.0. The summed E-state index contributed by atoms with van der Waals surface area (Å²) in [4.78, 5) is 10.3. The molecule has 10 heteroatoms. The van der Waals surface area contributed by atoms with E-state index in [9.17, 15) is 18.5 Å². The lowest BCUT2D eigenvalue weighted by molar-refractivity contribution is -0.385. The van der Waals surface area contributed by atoms with Crippen LogP contribution < -0.4 is 14.9 Å². The number of benzene rings is 3. The topological polar surface area (TPSA) is 123 Å². The molecule has 3 aromatic rings. The van der Waals surface area contributed by atoms with Gasteiger partial charge < -0.3 is 4.74 Å². The number of rotatable bonds is 9. The number of ether oxygens (including phenoxy) is 1. The van der Waals surface area contributed by atoms with E-state index >= 15 is 0 Å². The molecule has 0 aromatic heterocycles. The standard InChI is InChI=1S/C23H24N4O5S/c1-4-32-22-8-6-5-7-18(22)15-24-25-21-12-10-19(27(28)29)14-23(21)33(30,31)26-20-11-9-16(2)13-17(20)3/h5-15,25-26H,4H2,1-3H3. The molecule has 0 aliphatic rings. The van der Waals surface area contributed by atoms with Gasteiger partial charge in [0.05, 0.1) is 29.1 Å². The number of nitrogens with one attached hydrogen (secondary N) is 2. The Labute approximate surface area is 192 Å². The van der Waals surface area contributed by atoms with Crippen LogP contribution in [0.25, 0.3) is 0 Å². The summed E-state index contributed by atoms with van der Waals surface area (Å²) in [5.74, 6) is 0.624. The van der Waals surface area contributed by atoms with Gasteiger partial charge in [0.1, 0.15) is 10.6 Å². The lowest BCUT2D eigenvalue weighted by atomic mass is 10.1. The van der Waals surface area contributed by atoms with Crippen LogP contribution in [-0.2, 0) is 10.0 Å². The van der Waals surface area contributed by atoms with Gasteiger partial charge in [-0.25, -0.2) is 8.42 Å². The quantitative estimate of drug-likeness (QED) is 0.263. The predicted octanol–water partition coefficient (Wildman–Crippen LogP) is 4.86. The molecule has 0 aliphatic heterocycles. The van der Waals surface area contributed by atoms with E-state index in [1.807, 2.05) is 32.0 Å². The molecule has 0 fully saturated rings. The third kappa shape index (κ3) is 5.86. The predicted molar refractivity (Wildman–Crippen MR) is 129 cm³/mol. The Morgan fingerprint density at radius 1 is 1.06 bits per heavy atom. The zero-order valence-electron chi connectivity index (χ0n) is 18.4. The fraction of sp³-hybridized carbons (Fsp3) is 0.174. The molecule has 3 rings (SSSR count). The molecule has 0 saturated heterocycles. The number of hydrazone groups is 1. The number of nitro groups is 1. The van der Waals surface area contributed by atoms with Gasteiger partial charge in [-0.15, -0.1) is 0 Å². The summed E-state index contributed by atoms with van der Waals surface area (Å²) in [6.45, 7) is 6.02. The SMILES string of the molecule is CCOc1ccccc1C=NNc1ccc([N+](=O)[O-])cc1S(=O)(=O)Nc1ccc(C)cc1C. The summed E-state index contributed by atoms with van der Waals surface area (Å²) < 4.78 is 34.4. The molecule has 9 nitrogen and oxygen atoms in total. The highest BCUT2D eigenvalue weighted by molar-refractivity contribution is 7.92. The van der Waals surface area contributed by atoms with Gasteiger partial charge in [-0.2, -0.15) is 5.10 Å². The molecule has 0 unspecified atom stereocenters. The molecule has 0 aliphatic carbocycles. The van der Waals surface area contributed by atoms with Gasteiger partial charge >= 0.3 is 0 Å². The average Bonchev–Trinajstić information content (AvgIpc) is 2.77. The van der Waals surface area contributed by atoms with E-state index in [0.29, 0.717) is 23.6 Å². The maximum Gasteiger partial charge on any atom is 0.270 e. The van der Waals surface area contributed by atoms with Crippen molar-refractivity contribution >= 4 is 33.3 Å². The first-order valence-corrected chi connectivity index (χ1v) is 11.6. The second kappa shape index (κ2) is 10.1. The number of non-ortho nitro benzene ring substituents is 1. The monoisotopic (exact) mass is 468 g/mol. The summed E-state index contributed by atoms with van der Waals surface area (Å²) in [5.41, 5.74) is 5.19. The van der Waals surface area contributed by atoms with E-state index < -0.39 is 14.9 Å². The first kappa shape index (κ1) is 23.7. The second-order valence-corrected chi connectivity index (χ2v) is 8.85. The highest BCUT2D eigenvalue weighted by atomic mass is 32.2. The van der Waals surface area contributed by atoms with Crippen LogP contribution in [0.5, 0.6) is 5.75 Å². The molecule has 0 spiro atoms. The highest BCUT2D eigenvalue weighted by Crippen LogP contribution is 2.29. The number of nitro benzene ring substituents is 1. The summed E-state index contributed by atoms with van der Waals surface area (Å²) in [6.07, 6.45) is 1.49. The largest absolute Gasteiger partial charge is 0.493 e. The zero-order valence-corrected chi connectivity index (χ0v) is 19.2. The molecule has 33 heavy (non-hydrogen) atoms. The van der Waals surface area contributed by atoms with Crippen LogP contribution in [0, 0.1) is 24.0 Å². The van der Waals surface area contributed by atoms with Crippen LogP contribution in [0.2, 0.25) is 0 Å². The normalized spacial score (nSPS) is 11.4. The molecular formula is C23H24N4O5S.